The molecule has 0 radical (unpaired) electrons. The highest BCUT2D eigenvalue weighted by molar-refractivity contribution is 7.90. The summed E-state index contributed by atoms with van der Waals surface area (Å²) in [6, 6.07) is 12.1. The first-order valence-electron chi connectivity index (χ1n) is 11.6. The van der Waals surface area contributed by atoms with E-state index in [1.54, 1.807) is 0 Å². The van der Waals surface area contributed by atoms with E-state index in [2.05, 4.69) is 21.6 Å². The van der Waals surface area contributed by atoms with Gasteiger partial charge < -0.3 is 15.4 Å². The molecule has 0 bridgehead atoms. The fraction of sp³-hybridized carbons (Fsp3) is 0.320. The summed E-state index contributed by atoms with van der Waals surface area (Å²) >= 11 is 0. The number of nitrogens with zero attached hydrogens (tertiary/aromatic N) is 3. The highest BCUT2D eigenvalue weighted by Crippen LogP contribution is 2.38. The number of pyridine rings is 2. The minimum absolute atomic E-state index is 0.0143. The number of aromatic nitrogens is 2. The van der Waals surface area contributed by atoms with Gasteiger partial charge in [0.05, 0.1) is 11.3 Å². The number of rotatable bonds is 6. The zero-order chi connectivity index (χ0) is 27.9. The number of nitrogen functional groups attached to an aromatic ring is 1. The van der Waals surface area contributed by atoms with E-state index in [-0.39, 0.29) is 28.9 Å². The van der Waals surface area contributed by atoms with E-state index in [4.69, 9.17) is 5.73 Å². The summed E-state index contributed by atoms with van der Waals surface area (Å²) in [7, 11) is -4.33. The van der Waals surface area contributed by atoms with Crippen molar-refractivity contribution in [3.05, 3.63) is 60.2 Å². The minimum Gasteiger partial charge on any atom is -0.406 e. The molecule has 202 valence electrons. The van der Waals surface area contributed by atoms with Crippen LogP contribution >= 0.6 is 0 Å². The van der Waals surface area contributed by atoms with E-state index < -0.39 is 32.9 Å². The number of ether oxygens (including phenoxy) is 1. The quantitative estimate of drug-likeness (QED) is 0.464. The second-order valence-corrected chi connectivity index (χ2v) is 11.3. The van der Waals surface area contributed by atoms with E-state index in [1.165, 1.54) is 42.5 Å². The van der Waals surface area contributed by atoms with Gasteiger partial charge in [-0.1, -0.05) is 13.0 Å². The van der Waals surface area contributed by atoms with Crippen LogP contribution < -0.4 is 20.1 Å². The number of nitrogens with one attached hydrogen (secondary N) is 1. The number of alkyl halides is 3. The van der Waals surface area contributed by atoms with Gasteiger partial charge in [0.1, 0.15) is 17.4 Å². The van der Waals surface area contributed by atoms with Crippen molar-refractivity contribution in [2.75, 3.05) is 17.2 Å². The van der Waals surface area contributed by atoms with E-state index in [0.29, 0.717) is 17.8 Å². The molecule has 0 unspecified atom stereocenters. The van der Waals surface area contributed by atoms with E-state index in [0.717, 1.165) is 18.6 Å². The van der Waals surface area contributed by atoms with Gasteiger partial charge in [-0.3, -0.25) is 4.79 Å². The van der Waals surface area contributed by atoms with Crippen LogP contribution in [0.4, 0.5) is 24.8 Å². The maximum absolute atomic E-state index is 13.3. The molecule has 1 fully saturated rings. The molecular weight excluding hydrogens is 523 g/mol. The molecule has 4 rings (SSSR count). The maximum atomic E-state index is 13.3. The fourth-order valence-electron chi connectivity index (χ4n) is 4.59. The van der Waals surface area contributed by atoms with Crippen LogP contribution in [0.2, 0.25) is 0 Å². The Kier molecular flexibility index (Phi) is 6.99. The molecule has 0 saturated carbocycles. The molecule has 1 aromatic carbocycles. The first-order valence-corrected chi connectivity index (χ1v) is 13.1. The van der Waals surface area contributed by atoms with Crippen LogP contribution in [0, 0.1) is 5.92 Å². The second kappa shape index (κ2) is 9.78. The average molecular weight is 550 g/mol. The van der Waals surface area contributed by atoms with Gasteiger partial charge in [0.25, 0.3) is 15.9 Å². The van der Waals surface area contributed by atoms with Crippen LogP contribution in [0.5, 0.6) is 5.75 Å². The zero-order valence-corrected chi connectivity index (χ0v) is 21.6. The van der Waals surface area contributed by atoms with Gasteiger partial charge in [-0.25, -0.2) is 14.7 Å². The summed E-state index contributed by atoms with van der Waals surface area (Å²) in [5.41, 5.74) is 6.06. The van der Waals surface area contributed by atoms with Gasteiger partial charge in [0.15, 0.2) is 5.03 Å². The van der Waals surface area contributed by atoms with E-state index >= 15 is 0 Å². The standard InChI is InChI=1S/C25H26F3N5O4S/c1-15-13-24(2,3)33(14-15)22-18(23(34)32-38(35,36)21-6-4-5-20(29)31-21)11-12-19(30-22)16-7-9-17(10-8-16)37-25(26,27)28/h4-12,15H,13-14H2,1-3H3,(H2,29,31)(H,32,34)/t15-/m0/s1. The van der Waals surface area contributed by atoms with Crippen molar-refractivity contribution in [3.63, 3.8) is 0 Å². The van der Waals surface area contributed by atoms with Crippen LogP contribution in [-0.2, 0) is 10.0 Å². The molecule has 1 saturated heterocycles. The summed E-state index contributed by atoms with van der Waals surface area (Å²) in [5, 5.41) is -0.409. The first-order chi connectivity index (χ1) is 17.6. The minimum atomic E-state index is -4.82. The number of sulfonamides is 1. The van der Waals surface area contributed by atoms with Crippen molar-refractivity contribution in [3.8, 4) is 17.0 Å². The zero-order valence-electron chi connectivity index (χ0n) is 20.8. The summed E-state index contributed by atoms with van der Waals surface area (Å²) in [5.74, 6) is -0.794. The van der Waals surface area contributed by atoms with Crippen molar-refractivity contribution < 1.29 is 31.1 Å². The normalized spacial score (nSPS) is 17.3. The lowest BCUT2D eigenvalue weighted by atomic mass is 9.97. The molecule has 9 nitrogen and oxygen atoms in total. The third-order valence-corrected chi connectivity index (χ3v) is 7.31. The number of nitrogens with two attached hydrogens (primary N) is 1. The molecule has 0 aliphatic carbocycles. The maximum Gasteiger partial charge on any atom is 0.573 e. The lowest BCUT2D eigenvalue weighted by Crippen LogP contribution is -2.41. The molecule has 3 aromatic rings. The lowest BCUT2D eigenvalue weighted by Gasteiger charge is -2.34. The van der Waals surface area contributed by atoms with Crippen molar-refractivity contribution in [1.82, 2.24) is 14.7 Å². The molecule has 2 aromatic heterocycles. The third kappa shape index (κ3) is 5.98. The Morgan fingerprint density at radius 1 is 1.11 bits per heavy atom. The highest BCUT2D eigenvalue weighted by atomic mass is 32.2. The van der Waals surface area contributed by atoms with Crippen molar-refractivity contribution >= 4 is 27.6 Å². The molecule has 1 aliphatic heterocycles. The Bertz CT molecular complexity index is 1460. The van der Waals surface area contributed by atoms with E-state index in [1.807, 2.05) is 23.5 Å². The summed E-state index contributed by atoms with van der Waals surface area (Å²) in [6.07, 6.45) is -4.02. The van der Waals surface area contributed by atoms with Crippen LogP contribution in [0.3, 0.4) is 0 Å². The number of halogens is 3. The van der Waals surface area contributed by atoms with Gasteiger partial charge >= 0.3 is 6.36 Å². The second-order valence-electron chi connectivity index (χ2n) is 9.71. The van der Waals surface area contributed by atoms with Crippen LogP contribution in [-0.4, -0.2) is 42.7 Å². The highest BCUT2D eigenvalue weighted by Gasteiger charge is 2.39. The summed E-state index contributed by atoms with van der Waals surface area (Å²) in [6.45, 7) is 6.60. The molecule has 1 aliphatic rings. The Morgan fingerprint density at radius 2 is 1.79 bits per heavy atom. The SMILES string of the molecule is C[C@@H]1CN(c2nc(-c3ccc(OC(F)(F)F)cc3)ccc2C(=O)NS(=O)(=O)c2cccc(N)n2)C(C)(C)C1. The number of amides is 1. The third-order valence-electron chi connectivity index (χ3n) is 6.08. The fourth-order valence-corrected chi connectivity index (χ4v) is 5.53. The van der Waals surface area contributed by atoms with Gasteiger partial charge in [0, 0.05) is 17.6 Å². The van der Waals surface area contributed by atoms with Gasteiger partial charge in [-0.15, -0.1) is 13.2 Å². The van der Waals surface area contributed by atoms with Crippen LogP contribution in [0.25, 0.3) is 11.3 Å². The Morgan fingerprint density at radius 3 is 2.37 bits per heavy atom. The van der Waals surface area contributed by atoms with Crippen molar-refractivity contribution in [2.24, 2.45) is 5.92 Å². The summed E-state index contributed by atoms with van der Waals surface area (Å²) in [4.78, 5) is 23.7. The molecule has 1 amide bonds. The molecule has 0 spiro atoms. The Labute approximate surface area is 217 Å². The molecule has 1 atom stereocenters. The first kappa shape index (κ1) is 27.2. The number of benzene rings is 1. The predicted octanol–water partition coefficient (Wildman–Crippen LogP) is 4.37. The van der Waals surface area contributed by atoms with Crippen molar-refractivity contribution in [1.29, 1.82) is 0 Å². The monoisotopic (exact) mass is 549 g/mol. The number of carbonyl (C=O) groups excluding carboxylic acids is 1. The topological polar surface area (TPSA) is 128 Å². The van der Waals surface area contributed by atoms with Gasteiger partial charge in [0.2, 0.25) is 0 Å². The predicted molar refractivity (Wildman–Crippen MR) is 135 cm³/mol. The number of anilines is 2. The van der Waals surface area contributed by atoms with Gasteiger partial charge in [-0.2, -0.15) is 8.42 Å². The van der Waals surface area contributed by atoms with E-state index in [9.17, 15) is 26.4 Å². The smallest absolute Gasteiger partial charge is 0.406 e. The number of hydrogen-bond donors (Lipinski definition) is 2. The molecule has 3 heterocycles. The molecule has 38 heavy (non-hydrogen) atoms. The molecular formula is C25H26F3N5O4S. The molecule has 13 heteroatoms. The number of carbonyl (C=O) groups is 1. The van der Waals surface area contributed by atoms with Gasteiger partial charge in [-0.05, 0) is 74.7 Å². The number of hydrogen-bond acceptors (Lipinski definition) is 8. The van der Waals surface area contributed by atoms with Crippen molar-refractivity contribution in [2.45, 2.75) is 44.1 Å². The Balaban J connectivity index is 1.73. The van der Waals surface area contributed by atoms with Crippen LogP contribution in [0.1, 0.15) is 37.6 Å². The average Bonchev–Trinajstić information content (AvgIpc) is 3.09. The largest absolute Gasteiger partial charge is 0.573 e. The Hall–Kier alpha value is -3.87. The van der Waals surface area contributed by atoms with Crippen LogP contribution in [0.15, 0.2) is 59.6 Å². The molecule has 3 N–H and O–H groups in total. The lowest BCUT2D eigenvalue weighted by molar-refractivity contribution is -0.274. The summed E-state index contributed by atoms with van der Waals surface area (Å²) < 4.78 is 69.2.